The Kier molecular flexibility index (Phi) is 12.2. The van der Waals surface area contributed by atoms with Gasteiger partial charge in [0.1, 0.15) is 0 Å². The van der Waals surface area contributed by atoms with Crippen LogP contribution in [0, 0.1) is 47.3 Å². The van der Waals surface area contributed by atoms with E-state index >= 15 is 0 Å². The molecule has 0 N–H and O–H groups in total. The van der Waals surface area contributed by atoms with E-state index in [1.54, 1.807) is 0 Å². The lowest BCUT2D eigenvalue weighted by molar-refractivity contribution is -0.0450. The average Bonchev–Trinajstić information content (AvgIpc) is 2.97. The zero-order chi connectivity index (χ0) is 26.0. The van der Waals surface area contributed by atoms with Gasteiger partial charge in [-0.2, -0.15) is 0 Å². The van der Waals surface area contributed by atoms with Gasteiger partial charge in [-0.15, -0.1) is 13.2 Å². The molecule has 4 saturated carbocycles. The molecule has 1 heteroatoms. The maximum atomic E-state index is 6.87. The fourth-order valence-corrected chi connectivity index (χ4v) is 9.15. The highest BCUT2D eigenvalue weighted by Crippen LogP contribution is 2.44. The van der Waals surface area contributed by atoms with E-state index in [2.05, 4.69) is 39.2 Å². The van der Waals surface area contributed by atoms with Crippen molar-refractivity contribution in [2.45, 2.75) is 154 Å². The summed E-state index contributed by atoms with van der Waals surface area (Å²) in [5.41, 5.74) is 0. The highest BCUT2D eigenvalue weighted by Gasteiger charge is 2.33. The summed E-state index contributed by atoms with van der Waals surface area (Å²) in [5.74, 6) is 7.48. The normalized spacial score (nSPS) is 39.0. The van der Waals surface area contributed by atoms with E-state index in [0.717, 1.165) is 47.3 Å². The van der Waals surface area contributed by atoms with E-state index in [9.17, 15) is 0 Å². The fourth-order valence-electron chi connectivity index (χ4n) is 9.15. The Morgan fingerprint density at radius 3 is 1.08 bits per heavy atom. The minimum absolute atomic E-state index is 0.492. The van der Waals surface area contributed by atoms with Crippen LogP contribution in [0.2, 0.25) is 0 Å². The molecule has 4 rings (SSSR count). The first-order chi connectivity index (χ1) is 18.1. The predicted octanol–water partition coefficient (Wildman–Crippen LogP) is 10.9. The van der Waals surface area contributed by atoms with Gasteiger partial charge in [0, 0.05) is 0 Å². The highest BCUT2D eigenvalue weighted by atomic mass is 16.5. The lowest BCUT2D eigenvalue weighted by atomic mass is 9.68. The van der Waals surface area contributed by atoms with Gasteiger partial charge in [-0.05, 0) is 150 Å². The number of ether oxygens (including phenoxy) is 1. The maximum absolute atomic E-state index is 6.87. The second-order valence-corrected chi connectivity index (χ2v) is 14.1. The maximum Gasteiger partial charge on any atom is 0.0579 e. The van der Waals surface area contributed by atoms with E-state index in [1.165, 1.54) is 128 Å². The van der Waals surface area contributed by atoms with Crippen molar-refractivity contribution >= 4 is 0 Å². The van der Waals surface area contributed by atoms with Crippen molar-refractivity contribution in [2.75, 3.05) is 0 Å². The molecule has 1 nitrogen and oxygen atoms in total. The zero-order valence-corrected chi connectivity index (χ0v) is 24.9. The van der Waals surface area contributed by atoms with E-state index in [1.807, 2.05) is 0 Å². The van der Waals surface area contributed by atoms with Crippen LogP contribution >= 0.6 is 0 Å². The molecule has 0 radical (unpaired) electrons. The molecule has 0 amide bonds. The second-order valence-electron chi connectivity index (χ2n) is 14.1. The van der Waals surface area contributed by atoms with E-state index in [-0.39, 0.29) is 0 Å². The van der Waals surface area contributed by atoms with Crippen molar-refractivity contribution in [3.05, 3.63) is 25.3 Å². The number of rotatable bonds is 12. The van der Waals surface area contributed by atoms with Crippen LogP contribution in [0.4, 0.5) is 0 Å². The van der Waals surface area contributed by atoms with Crippen LogP contribution in [0.15, 0.2) is 25.3 Å². The van der Waals surface area contributed by atoms with E-state index < -0.39 is 0 Å². The Balaban J connectivity index is 1.14. The molecular weight excluding hydrogens is 448 g/mol. The third-order valence-electron chi connectivity index (χ3n) is 11.9. The summed E-state index contributed by atoms with van der Waals surface area (Å²) < 4.78 is 6.87. The first-order valence-electron chi connectivity index (χ1n) is 17.0. The van der Waals surface area contributed by atoms with Crippen molar-refractivity contribution in [3.63, 3.8) is 0 Å². The van der Waals surface area contributed by atoms with Crippen LogP contribution in [-0.2, 0) is 4.74 Å². The standard InChI is InChI=1S/C36H62O/c1-5-27-9-17-31(18-10-27)33-21-13-29(14-22-33)25-35(7-3)37-36(8-4)26-30-15-23-34(24-16-30)32-19-11-28(6-2)12-20-32/h5-6,27-36H,1-2,7-26H2,3-4H3. The van der Waals surface area contributed by atoms with Gasteiger partial charge in [0.15, 0.2) is 0 Å². The molecular formula is C36H62O. The van der Waals surface area contributed by atoms with Crippen molar-refractivity contribution in [2.24, 2.45) is 47.3 Å². The molecule has 0 aliphatic heterocycles. The van der Waals surface area contributed by atoms with Crippen molar-refractivity contribution in [1.82, 2.24) is 0 Å². The Morgan fingerprint density at radius 2 is 0.811 bits per heavy atom. The minimum Gasteiger partial charge on any atom is -0.375 e. The molecule has 0 aromatic carbocycles. The summed E-state index contributed by atoms with van der Waals surface area (Å²) in [6, 6.07) is 0. The Labute approximate surface area is 231 Å². The Morgan fingerprint density at radius 1 is 0.514 bits per heavy atom. The average molecular weight is 511 g/mol. The first-order valence-corrected chi connectivity index (χ1v) is 17.0. The summed E-state index contributed by atoms with van der Waals surface area (Å²) in [4.78, 5) is 0. The quantitative estimate of drug-likeness (QED) is 0.237. The summed E-state index contributed by atoms with van der Waals surface area (Å²) in [6.07, 6.45) is 33.7. The topological polar surface area (TPSA) is 9.23 Å². The van der Waals surface area contributed by atoms with E-state index in [0.29, 0.717) is 12.2 Å². The van der Waals surface area contributed by atoms with Crippen LogP contribution in [0.1, 0.15) is 142 Å². The molecule has 0 aromatic heterocycles. The Bertz CT molecular complexity index is 580. The van der Waals surface area contributed by atoms with Gasteiger partial charge < -0.3 is 4.74 Å². The molecule has 0 bridgehead atoms. The van der Waals surface area contributed by atoms with Gasteiger partial charge in [0.05, 0.1) is 12.2 Å². The molecule has 0 heterocycles. The molecule has 2 unspecified atom stereocenters. The van der Waals surface area contributed by atoms with Gasteiger partial charge in [-0.3, -0.25) is 0 Å². The third kappa shape index (κ3) is 8.71. The van der Waals surface area contributed by atoms with Crippen LogP contribution in [0.3, 0.4) is 0 Å². The highest BCUT2D eigenvalue weighted by molar-refractivity contribution is 4.89. The number of hydrogen-bond acceptors (Lipinski definition) is 1. The van der Waals surface area contributed by atoms with Gasteiger partial charge in [-0.25, -0.2) is 0 Å². The van der Waals surface area contributed by atoms with Crippen molar-refractivity contribution in [3.8, 4) is 0 Å². The Hall–Kier alpha value is -0.560. The van der Waals surface area contributed by atoms with Crippen LogP contribution in [-0.4, -0.2) is 12.2 Å². The molecule has 37 heavy (non-hydrogen) atoms. The zero-order valence-electron chi connectivity index (χ0n) is 24.9. The molecule has 4 fully saturated rings. The fraction of sp³-hybridized carbons (Fsp3) is 0.889. The van der Waals surface area contributed by atoms with Crippen LogP contribution < -0.4 is 0 Å². The molecule has 0 saturated heterocycles. The van der Waals surface area contributed by atoms with Crippen LogP contribution in [0.25, 0.3) is 0 Å². The third-order valence-corrected chi connectivity index (χ3v) is 11.9. The summed E-state index contributed by atoms with van der Waals surface area (Å²) >= 11 is 0. The molecule has 0 aromatic rings. The van der Waals surface area contributed by atoms with E-state index in [4.69, 9.17) is 4.74 Å². The lowest BCUT2D eigenvalue weighted by Crippen LogP contribution is -2.30. The summed E-state index contributed by atoms with van der Waals surface area (Å²) in [6.45, 7) is 12.8. The minimum atomic E-state index is 0.492. The second kappa shape index (κ2) is 15.3. The molecule has 0 spiro atoms. The lowest BCUT2D eigenvalue weighted by Gasteiger charge is -2.39. The molecule has 2 atom stereocenters. The molecule has 4 aliphatic rings. The largest absolute Gasteiger partial charge is 0.375 e. The monoisotopic (exact) mass is 510 g/mol. The van der Waals surface area contributed by atoms with Crippen LogP contribution in [0.5, 0.6) is 0 Å². The van der Waals surface area contributed by atoms with Gasteiger partial charge in [0.25, 0.3) is 0 Å². The SMILES string of the molecule is C=CC1CCC(C2CCC(CC(CC)OC(CC)CC3CCC(C4CCC(C=C)CC4)CC3)CC2)CC1. The molecule has 4 aliphatic carbocycles. The van der Waals surface area contributed by atoms with Gasteiger partial charge >= 0.3 is 0 Å². The smallest absolute Gasteiger partial charge is 0.0579 e. The van der Waals surface area contributed by atoms with Crippen molar-refractivity contribution < 1.29 is 4.74 Å². The molecule has 212 valence electrons. The number of allylic oxidation sites excluding steroid dienone is 2. The summed E-state index contributed by atoms with van der Waals surface area (Å²) in [5, 5.41) is 0. The number of hydrogen-bond donors (Lipinski definition) is 0. The van der Waals surface area contributed by atoms with Gasteiger partial charge in [-0.1, -0.05) is 51.7 Å². The summed E-state index contributed by atoms with van der Waals surface area (Å²) in [7, 11) is 0. The van der Waals surface area contributed by atoms with Gasteiger partial charge in [0.2, 0.25) is 0 Å². The predicted molar refractivity (Wildman–Crippen MR) is 161 cm³/mol. The van der Waals surface area contributed by atoms with Crippen molar-refractivity contribution in [1.29, 1.82) is 0 Å². The first kappa shape index (κ1) is 29.4.